The molecule has 1 aromatic carbocycles. The van der Waals surface area contributed by atoms with Crippen molar-refractivity contribution >= 4 is 35.6 Å². The van der Waals surface area contributed by atoms with E-state index in [1.165, 1.54) is 0 Å². The fourth-order valence-electron chi connectivity index (χ4n) is 0.795. The van der Waals surface area contributed by atoms with E-state index in [0.717, 1.165) is 21.6 Å². The standard InChI is InChI=1S/C6H7O2P.C3H5O2.Al.2H/c7-9(8)6-4-2-1-3-5-6;1-2-3(4)5;;;/h1-5,9H,(H,7,8);1-2H2,(H,4,5);;;. The van der Waals surface area contributed by atoms with Crippen LogP contribution in [0.2, 0.25) is 5.28 Å². The molecule has 1 aromatic rings. The molecule has 0 bridgehead atoms. The maximum atomic E-state index is 10.4. The molecule has 0 aliphatic carbocycles. The molecule has 0 heterocycles. The number of hydrogen-bond acceptors (Lipinski definition) is 2. The zero-order valence-electron chi connectivity index (χ0n) is 8.51. The van der Waals surface area contributed by atoms with Crippen LogP contribution < -0.4 is 5.30 Å². The Morgan fingerprint density at radius 3 is 2.07 bits per heavy atom. The van der Waals surface area contributed by atoms with Crippen LogP contribution in [0.3, 0.4) is 0 Å². The summed E-state index contributed by atoms with van der Waals surface area (Å²) in [5.74, 6) is -0.676. The van der Waals surface area contributed by atoms with Crippen molar-refractivity contribution < 1.29 is 19.4 Å². The third-order valence-corrected chi connectivity index (χ3v) is 2.81. The molecule has 0 aliphatic rings. The lowest BCUT2D eigenvalue weighted by Gasteiger charge is -1.90. The van der Waals surface area contributed by atoms with Gasteiger partial charge < -0.3 is 10.00 Å². The molecule has 0 aliphatic heterocycles. The van der Waals surface area contributed by atoms with Gasteiger partial charge in [-0.1, -0.05) is 23.5 Å². The Morgan fingerprint density at radius 2 is 1.87 bits per heavy atom. The number of carboxylic acid groups (broad SMARTS) is 1. The van der Waals surface area contributed by atoms with Crippen LogP contribution in [0.5, 0.6) is 0 Å². The molecule has 0 saturated heterocycles. The van der Waals surface area contributed by atoms with E-state index in [0.29, 0.717) is 11.7 Å². The molecule has 15 heavy (non-hydrogen) atoms. The largest absolute Gasteiger partial charge is 0.481 e. The number of aliphatic carboxylic acids is 1. The third-order valence-electron chi connectivity index (χ3n) is 1.48. The van der Waals surface area contributed by atoms with Crippen LogP contribution in [0.1, 0.15) is 6.42 Å². The topological polar surface area (TPSA) is 74.6 Å². The summed E-state index contributed by atoms with van der Waals surface area (Å²) in [7, 11) is -2.46. The Bertz CT molecular complexity index is 315. The summed E-state index contributed by atoms with van der Waals surface area (Å²) < 4.78 is 10.4. The van der Waals surface area contributed by atoms with Crippen LogP contribution in [-0.4, -0.2) is 32.3 Å². The minimum absolute atomic E-state index is 0.353. The van der Waals surface area contributed by atoms with Gasteiger partial charge in [0.15, 0.2) is 0 Å². The highest BCUT2D eigenvalue weighted by atomic mass is 31.1. The predicted octanol–water partition coefficient (Wildman–Crippen LogP) is 0.291. The summed E-state index contributed by atoms with van der Waals surface area (Å²) in [5, 5.41) is 9.32. The van der Waals surface area contributed by atoms with Crippen molar-refractivity contribution in [1.29, 1.82) is 0 Å². The summed E-state index contributed by atoms with van der Waals surface area (Å²) in [6.45, 7) is 0. The predicted molar refractivity (Wildman–Crippen MR) is 62.9 cm³/mol. The zero-order chi connectivity index (χ0) is 11.7. The van der Waals surface area contributed by atoms with E-state index >= 15 is 0 Å². The molecule has 0 saturated carbocycles. The zero-order valence-corrected chi connectivity index (χ0v) is 11.5. The van der Waals surface area contributed by atoms with Gasteiger partial charge in [0, 0.05) is 11.7 Å². The highest BCUT2D eigenvalue weighted by molar-refractivity contribution is 7.47. The minimum Gasteiger partial charge on any atom is -0.481 e. The van der Waals surface area contributed by atoms with Gasteiger partial charge in [-0.2, -0.15) is 0 Å². The van der Waals surface area contributed by atoms with Crippen LogP contribution in [0.15, 0.2) is 30.3 Å². The Morgan fingerprint density at radius 1 is 1.33 bits per heavy atom. The van der Waals surface area contributed by atoms with E-state index in [-0.39, 0.29) is 0 Å². The Hall–Kier alpha value is -0.588. The molecule has 0 amide bonds. The molecule has 0 spiro atoms. The van der Waals surface area contributed by atoms with Crippen molar-refractivity contribution in [2.24, 2.45) is 0 Å². The lowest BCUT2D eigenvalue weighted by Crippen LogP contribution is -1.91. The first-order valence-corrected chi connectivity index (χ1v) is 7.35. The summed E-state index contributed by atoms with van der Waals surface area (Å²) in [6, 6.07) is 8.58. The molecule has 0 radical (unpaired) electrons. The van der Waals surface area contributed by atoms with Gasteiger partial charge in [0.2, 0.25) is 24.3 Å². The molecule has 0 fully saturated rings. The van der Waals surface area contributed by atoms with E-state index in [1.54, 1.807) is 24.3 Å². The fourth-order valence-corrected chi connectivity index (χ4v) is 1.70. The first-order valence-electron chi connectivity index (χ1n) is 4.58. The monoisotopic (exact) mass is 244 g/mol. The number of carbonyl (C=O) groups is 1. The van der Waals surface area contributed by atoms with E-state index in [4.69, 9.17) is 10.00 Å². The molecule has 1 rings (SSSR count). The van der Waals surface area contributed by atoms with E-state index in [9.17, 15) is 9.36 Å². The van der Waals surface area contributed by atoms with Gasteiger partial charge in [-0.3, -0.25) is 9.36 Å². The molecule has 4 nitrogen and oxygen atoms in total. The molecule has 6 heteroatoms. The summed E-state index contributed by atoms with van der Waals surface area (Å²) in [4.78, 5) is 18.2. The van der Waals surface area contributed by atoms with E-state index in [1.807, 2.05) is 6.07 Å². The van der Waals surface area contributed by atoms with Gasteiger partial charge in [-0.05, 0) is 12.1 Å². The Kier molecular flexibility index (Phi) is 8.36. The first kappa shape index (κ1) is 14.4. The van der Waals surface area contributed by atoms with Gasteiger partial charge in [0.05, 0.1) is 0 Å². The second-order valence-electron chi connectivity index (χ2n) is 2.81. The molecular formula is C9H14AlO4P. The quantitative estimate of drug-likeness (QED) is 0.592. The van der Waals surface area contributed by atoms with Crippen LogP contribution in [-0.2, 0) is 9.36 Å². The highest BCUT2D eigenvalue weighted by Gasteiger charge is 1.92. The smallest absolute Gasteiger partial charge is 0.302 e. The first-order chi connectivity index (χ1) is 7.07. The second-order valence-corrected chi connectivity index (χ2v) is 5.00. The second kappa shape index (κ2) is 8.70. The average molecular weight is 244 g/mol. The van der Waals surface area contributed by atoms with Gasteiger partial charge in [0.25, 0.3) is 0 Å². The van der Waals surface area contributed by atoms with Crippen LogP contribution in [0.25, 0.3) is 0 Å². The van der Waals surface area contributed by atoms with Crippen molar-refractivity contribution in [2.75, 3.05) is 0 Å². The van der Waals surface area contributed by atoms with Crippen molar-refractivity contribution in [3.63, 3.8) is 0 Å². The van der Waals surface area contributed by atoms with Gasteiger partial charge in [0.1, 0.15) is 0 Å². The minimum atomic E-state index is -2.46. The van der Waals surface area contributed by atoms with Crippen molar-refractivity contribution in [3.8, 4) is 0 Å². The molecule has 82 valence electrons. The summed E-state index contributed by atoms with van der Waals surface area (Å²) in [6.07, 6.45) is 0.353. The number of rotatable bonds is 3. The lowest BCUT2D eigenvalue weighted by molar-refractivity contribution is -0.136. The number of hydrogen-bond donors (Lipinski definition) is 2. The summed E-state index contributed by atoms with van der Waals surface area (Å²) >= 11 is 1.01. The Labute approximate surface area is 97.2 Å². The Balaban J connectivity index is 0.000000288. The van der Waals surface area contributed by atoms with Crippen LogP contribution in [0.4, 0.5) is 0 Å². The van der Waals surface area contributed by atoms with Gasteiger partial charge >= 0.3 is 5.97 Å². The van der Waals surface area contributed by atoms with Crippen molar-refractivity contribution in [3.05, 3.63) is 30.3 Å². The molecule has 2 N–H and O–H groups in total. The van der Waals surface area contributed by atoms with Crippen LogP contribution >= 0.6 is 8.03 Å². The van der Waals surface area contributed by atoms with Gasteiger partial charge in [-0.15, -0.1) is 0 Å². The highest BCUT2D eigenvalue weighted by Crippen LogP contribution is 2.10. The van der Waals surface area contributed by atoms with Crippen molar-refractivity contribution in [2.45, 2.75) is 11.7 Å². The fraction of sp³-hybridized carbons (Fsp3) is 0.222. The SMILES string of the molecule is O=C(O)C[CH2][AlH2].O=[PH](O)c1ccccc1. The molecule has 1 unspecified atom stereocenters. The van der Waals surface area contributed by atoms with Crippen LogP contribution in [0, 0.1) is 0 Å². The maximum absolute atomic E-state index is 10.4. The number of carboxylic acids is 1. The normalized spacial score (nSPS) is 11.0. The van der Waals surface area contributed by atoms with Crippen molar-refractivity contribution in [1.82, 2.24) is 0 Å². The number of benzene rings is 1. The third kappa shape index (κ3) is 8.41. The summed E-state index contributed by atoms with van der Waals surface area (Å²) in [5.41, 5.74) is 0. The van der Waals surface area contributed by atoms with E-state index in [2.05, 4.69) is 0 Å². The van der Waals surface area contributed by atoms with Gasteiger partial charge in [-0.25, -0.2) is 0 Å². The maximum Gasteiger partial charge on any atom is 0.302 e. The molecular weight excluding hydrogens is 230 g/mol. The lowest BCUT2D eigenvalue weighted by atomic mass is 10.4. The molecule has 0 aromatic heterocycles. The average Bonchev–Trinajstić information content (AvgIpc) is 2.20. The van der Waals surface area contributed by atoms with E-state index < -0.39 is 14.0 Å². The molecule has 1 atom stereocenters.